The molecule has 9 heteroatoms. The Labute approximate surface area is 248 Å². The SMILES string of the molecule is CCCCOc1ccc([C@H]2/C(=C(\O)c3ccc4c(c3)C[C@@H](C)O4)C(=O)C(=O)N2c2nc3ccc(C)cc3s2)cc1OC. The lowest BCUT2D eigenvalue weighted by Crippen LogP contribution is -2.29. The fraction of sp³-hybridized carbons (Fsp3) is 0.303. The van der Waals surface area contributed by atoms with E-state index in [0.29, 0.717) is 40.8 Å². The molecule has 2 aliphatic heterocycles. The van der Waals surface area contributed by atoms with Gasteiger partial charge in [0, 0.05) is 12.0 Å². The highest BCUT2D eigenvalue weighted by atomic mass is 32.1. The van der Waals surface area contributed by atoms with Gasteiger partial charge in [-0.25, -0.2) is 4.98 Å². The molecule has 3 heterocycles. The van der Waals surface area contributed by atoms with Crippen molar-refractivity contribution in [1.29, 1.82) is 0 Å². The molecule has 1 saturated heterocycles. The number of thiazole rings is 1. The Bertz CT molecular complexity index is 1740. The van der Waals surface area contributed by atoms with E-state index in [1.54, 1.807) is 37.4 Å². The Kier molecular flexibility index (Phi) is 7.36. The number of Topliss-reactive ketones (excluding diaryl/α,β-unsaturated/α-hetero) is 1. The lowest BCUT2D eigenvalue weighted by Gasteiger charge is -2.24. The van der Waals surface area contributed by atoms with E-state index in [9.17, 15) is 14.7 Å². The highest BCUT2D eigenvalue weighted by Crippen LogP contribution is 2.46. The van der Waals surface area contributed by atoms with Crippen molar-refractivity contribution >= 4 is 44.1 Å². The molecular weight excluding hydrogens is 552 g/mol. The van der Waals surface area contributed by atoms with Crippen LogP contribution in [0.3, 0.4) is 0 Å². The van der Waals surface area contributed by atoms with E-state index in [1.807, 2.05) is 38.1 Å². The predicted molar refractivity (Wildman–Crippen MR) is 163 cm³/mol. The number of unbranched alkanes of at least 4 members (excludes halogenated alkanes) is 1. The zero-order valence-electron chi connectivity index (χ0n) is 24.0. The molecule has 1 fully saturated rings. The molecule has 8 nitrogen and oxygen atoms in total. The third kappa shape index (κ3) is 4.87. The molecule has 2 aliphatic rings. The summed E-state index contributed by atoms with van der Waals surface area (Å²) in [6, 6.07) is 15.6. The van der Waals surface area contributed by atoms with E-state index < -0.39 is 17.7 Å². The van der Waals surface area contributed by atoms with Crippen LogP contribution < -0.4 is 19.1 Å². The number of nitrogens with zero attached hydrogens (tertiary/aromatic N) is 2. The third-order valence-corrected chi connectivity index (χ3v) is 8.63. The number of hydrogen-bond donors (Lipinski definition) is 1. The van der Waals surface area contributed by atoms with Gasteiger partial charge in [0.1, 0.15) is 17.6 Å². The minimum Gasteiger partial charge on any atom is -0.507 e. The van der Waals surface area contributed by atoms with Crippen molar-refractivity contribution in [3.63, 3.8) is 0 Å². The number of ketones is 1. The Morgan fingerprint density at radius 1 is 1.12 bits per heavy atom. The van der Waals surface area contributed by atoms with Gasteiger partial charge >= 0.3 is 5.91 Å². The molecule has 0 aliphatic carbocycles. The minimum atomic E-state index is -0.936. The molecule has 216 valence electrons. The molecule has 4 aromatic rings. The van der Waals surface area contributed by atoms with Crippen molar-refractivity contribution in [1.82, 2.24) is 4.98 Å². The molecule has 1 N–H and O–H groups in total. The number of aryl methyl sites for hydroxylation is 1. The second kappa shape index (κ2) is 11.1. The lowest BCUT2D eigenvalue weighted by atomic mass is 9.94. The maximum Gasteiger partial charge on any atom is 0.301 e. The smallest absolute Gasteiger partial charge is 0.301 e. The first kappa shape index (κ1) is 27.8. The first-order valence-corrected chi connectivity index (χ1v) is 14.9. The molecule has 42 heavy (non-hydrogen) atoms. The van der Waals surface area contributed by atoms with Gasteiger partial charge in [-0.3, -0.25) is 14.5 Å². The number of hydrogen-bond acceptors (Lipinski definition) is 8. The van der Waals surface area contributed by atoms with Crippen LogP contribution in [0.1, 0.15) is 55.0 Å². The number of carbonyl (C=O) groups is 2. The predicted octanol–water partition coefficient (Wildman–Crippen LogP) is 6.74. The van der Waals surface area contributed by atoms with Crippen LogP contribution in [0.4, 0.5) is 5.13 Å². The Hall–Kier alpha value is -4.37. The number of amides is 1. The number of aromatic nitrogens is 1. The van der Waals surface area contributed by atoms with Gasteiger partial charge in [0.25, 0.3) is 5.78 Å². The standard InChI is InChI=1S/C33H32N2O6S/c1-5-6-13-40-25-12-8-20(17-26(25)39-4)29-28(30(36)21-9-11-24-22(16-21)15-19(3)41-24)31(37)32(38)35(29)33-34-23-10-7-18(2)14-27(23)42-33/h7-12,14,16-17,19,29,36H,5-6,13,15H2,1-4H3/b30-28+/t19-,29+/m1/s1. The van der Waals surface area contributed by atoms with Gasteiger partial charge in [-0.2, -0.15) is 0 Å². The van der Waals surface area contributed by atoms with Crippen LogP contribution in [0.5, 0.6) is 17.2 Å². The maximum atomic E-state index is 13.7. The zero-order valence-corrected chi connectivity index (χ0v) is 24.8. The monoisotopic (exact) mass is 584 g/mol. The van der Waals surface area contributed by atoms with Gasteiger partial charge in [0.15, 0.2) is 16.6 Å². The van der Waals surface area contributed by atoms with Crippen molar-refractivity contribution in [2.75, 3.05) is 18.6 Å². The summed E-state index contributed by atoms with van der Waals surface area (Å²) in [6.07, 6.45) is 2.60. The summed E-state index contributed by atoms with van der Waals surface area (Å²) in [4.78, 5) is 33.6. The van der Waals surface area contributed by atoms with Crippen molar-refractivity contribution in [3.05, 3.63) is 82.4 Å². The van der Waals surface area contributed by atoms with Crippen LogP contribution in [0, 0.1) is 6.92 Å². The average Bonchev–Trinajstić information content (AvgIpc) is 3.64. The van der Waals surface area contributed by atoms with Crippen molar-refractivity contribution in [2.45, 2.75) is 52.2 Å². The topological polar surface area (TPSA) is 98.2 Å². The summed E-state index contributed by atoms with van der Waals surface area (Å²) in [5.74, 6) is 0.0113. The Morgan fingerprint density at radius 3 is 2.74 bits per heavy atom. The van der Waals surface area contributed by atoms with Gasteiger partial charge < -0.3 is 19.3 Å². The average molecular weight is 585 g/mol. The quantitative estimate of drug-likeness (QED) is 0.106. The van der Waals surface area contributed by atoms with E-state index >= 15 is 0 Å². The molecule has 0 radical (unpaired) electrons. The van der Waals surface area contributed by atoms with E-state index in [4.69, 9.17) is 19.2 Å². The Balaban J connectivity index is 1.51. The second-order valence-electron chi connectivity index (χ2n) is 10.7. The van der Waals surface area contributed by atoms with Gasteiger partial charge in [-0.1, -0.05) is 36.8 Å². The summed E-state index contributed by atoms with van der Waals surface area (Å²) in [7, 11) is 1.55. The molecule has 0 spiro atoms. The molecule has 3 aromatic carbocycles. The number of benzene rings is 3. The van der Waals surface area contributed by atoms with E-state index in [1.165, 1.54) is 16.2 Å². The number of aliphatic hydroxyl groups is 1. The van der Waals surface area contributed by atoms with Gasteiger partial charge in [-0.05, 0) is 79.4 Å². The minimum absolute atomic E-state index is 0.0101. The van der Waals surface area contributed by atoms with Crippen LogP contribution in [-0.4, -0.2) is 41.6 Å². The zero-order chi connectivity index (χ0) is 29.5. The van der Waals surface area contributed by atoms with Crippen LogP contribution in [0.25, 0.3) is 16.0 Å². The molecule has 6 rings (SSSR count). The van der Waals surface area contributed by atoms with Crippen molar-refractivity contribution < 1.29 is 28.9 Å². The summed E-state index contributed by atoms with van der Waals surface area (Å²) in [5.41, 5.74) is 3.75. The van der Waals surface area contributed by atoms with E-state index in [-0.39, 0.29) is 17.4 Å². The van der Waals surface area contributed by atoms with Gasteiger partial charge in [0.05, 0.1) is 35.5 Å². The number of rotatable bonds is 8. The number of ether oxygens (including phenoxy) is 3. The fourth-order valence-corrected chi connectivity index (χ4v) is 6.58. The van der Waals surface area contributed by atoms with Crippen LogP contribution in [0.15, 0.2) is 60.2 Å². The molecule has 0 unspecified atom stereocenters. The highest BCUT2D eigenvalue weighted by Gasteiger charge is 2.48. The highest BCUT2D eigenvalue weighted by molar-refractivity contribution is 7.22. The largest absolute Gasteiger partial charge is 0.507 e. The second-order valence-corrected chi connectivity index (χ2v) is 11.7. The number of aliphatic hydroxyl groups excluding tert-OH is 1. The van der Waals surface area contributed by atoms with Crippen molar-refractivity contribution in [3.8, 4) is 17.2 Å². The van der Waals surface area contributed by atoms with E-state index in [0.717, 1.165) is 39.9 Å². The van der Waals surface area contributed by atoms with Crippen LogP contribution in [0.2, 0.25) is 0 Å². The molecule has 0 bridgehead atoms. The van der Waals surface area contributed by atoms with E-state index in [2.05, 4.69) is 6.92 Å². The number of fused-ring (bicyclic) bond motifs is 2. The lowest BCUT2D eigenvalue weighted by molar-refractivity contribution is -0.132. The Morgan fingerprint density at radius 2 is 1.95 bits per heavy atom. The molecule has 2 atom stereocenters. The maximum absolute atomic E-state index is 13.7. The summed E-state index contributed by atoms with van der Waals surface area (Å²) in [5, 5.41) is 12.0. The van der Waals surface area contributed by atoms with Crippen molar-refractivity contribution in [2.24, 2.45) is 0 Å². The molecular formula is C33H32N2O6S. The molecule has 1 amide bonds. The normalized spacial score (nSPS) is 19.3. The molecule has 0 saturated carbocycles. The number of methoxy groups -OCH3 is 1. The summed E-state index contributed by atoms with van der Waals surface area (Å²) >= 11 is 1.33. The summed E-state index contributed by atoms with van der Waals surface area (Å²) < 4.78 is 18.3. The van der Waals surface area contributed by atoms with Gasteiger partial charge in [0.2, 0.25) is 0 Å². The van der Waals surface area contributed by atoms with Gasteiger partial charge in [-0.15, -0.1) is 0 Å². The first-order chi connectivity index (χ1) is 20.3. The fourth-order valence-electron chi connectivity index (χ4n) is 5.49. The van der Waals surface area contributed by atoms with Crippen LogP contribution in [-0.2, 0) is 16.0 Å². The molecule has 1 aromatic heterocycles. The number of anilines is 1. The number of carbonyl (C=O) groups excluding carboxylic acids is 2. The first-order valence-electron chi connectivity index (χ1n) is 14.1. The third-order valence-electron chi connectivity index (χ3n) is 7.61. The summed E-state index contributed by atoms with van der Waals surface area (Å²) in [6.45, 7) is 6.60. The van der Waals surface area contributed by atoms with Crippen LogP contribution >= 0.6 is 11.3 Å².